The van der Waals surface area contributed by atoms with Crippen LogP contribution >= 0.6 is 0 Å². The second-order valence-corrected chi connectivity index (χ2v) is 9.68. The van der Waals surface area contributed by atoms with Gasteiger partial charge in [0.25, 0.3) is 0 Å². The minimum Gasteiger partial charge on any atom is -0.481 e. The lowest BCUT2D eigenvalue weighted by atomic mass is 9.77. The van der Waals surface area contributed by atoms with Gasteiger partial charge in [0.15, 0.2) is 0 Å². The number of rotatable bonds is 7. The monoisotopic (exact) mass is 500 g/mol. The summed E-state index contributed by atoms with van der Waals surface area (Å²) in [6.07, 6.45) is 0.299. The van der Waals surface area contributed by atoms with Gasteiger partial charge in [0.1, 0.15) is 5.54 Å². The van der Waals surface area contributed by atoms with Crippen molar-refractivity contribution in [2.24, 2.45) is 11.8 Å². The highest BCUT2D eigenvalue weighted by Crippen LogP contribution is 2.52. The van der Waals surface area contributed by atoms with Crippen LogP contribution in [0.5, 0.6) is 0 Å². The van der Waals surface area contributed by atoms with Gasteiger partial charge in [-0.15, -0.1) is 0 Å². The highest BCUT2D eigenvalue weighted by atomic mass is 16.4. The van der Waals surface area contributed by atoms with Crippen LogP contribution in [0.2, 0.25) is 0 Å². The molecule has 4 unspecified atom stereocenters. The molecule has 3 N–H and O–H groups in total. The summed E-state index contributed by atoms with van der Waals surface area (Å²) in [5.41, 5.74) is 0.602. The van der Waals surface area contributed by atoms with Crippen LogP contribution in [0.1, 0.15) is 43.0 Å². The number of carbonyl (C=O) groups is 4. The lowest BCUT2D eigenvalue weighted by Crippen LogP contribution is -2.57. The van der Waals surface area contributed by atoms with Crippen LogP contribution in [0.15, 0.2) is 60.7 Å². The highest BCUT2D eigenvalue weighted by Gasteiger charge is 2.69. The highest BCUT2D eigenvalue weighted by molar-refractivity contribution is 6.25. The Hall–Kier alpha value is -4.04. The number of carboxylic acids is 2. The number of hydrogen-bond donors (Lipinski definition) is 3. The lowest BCUT2D eigenvalue weighted by Gasteiger charge is -2.31. The Labute approximate surface area is 213 Å². The summed E-state index contributed by atoms with van der Waals surface area (Å²) in [7, 11) is 0. The Morgan fingerprint density at radius 3 is 2.14 bits per heavy atom. The molecule has 5 rings (SSSR count). The molecule has 0 aromatic heterocycles. The van der Waals surface area contributed by atoms with Gasteiger partial charge in [-0.3, -0.25) is 24.5 Å². The first-order valence-corrected chi connectivity index (χ1v) is 12.4. The van der Waals surface area contributed by atoms with Crippen molar-refractivity contribution in [2.75, 3.05) is 4.90 Å². The molecule has 0 bridgehead atoms. The Bertz CT molecular complexity index is 1420. The first-order chi connectivity index (χ1) is 17.7. The average molecular weight is 501 g/mol. The maximum absolute atomic E-state index is 14.2. The van der Waals surface area contributed by atoms with E-state index in [-0.39, 0.29) is 0 Å². The molecule has 2 saturated heterocycles. The van der Waals surface area contributed by atoms with Gasteiger partial charge in [0, 0.05) is 6.04 Å². The molecule has 2 aliphatic rings. The second kappa shape index (κ2) is 9.12. The van der Waals surface area contributed by atoms with Crippen molar-refractivity contribution in [3.8, 4) is 0 Å². The van der Waals surface area contributed by atoms with E-state index in [9.17, 15) is 29.4 Å². The molecule has 0 aliphatic carbocycles. The molecular weight excluding hydrogens is 472 g/mol. The van der Waals surface area contributed by atoms with Crippen molar-refractivity contribution in [1.29, 1.82) is 0 Å². The van der Waals surface area contributed by atoms with Gasteiger partial charge in [0.2, 0.25) is 11.8 Å². The predicted molar refractivity (Wildman–Crippen MR) is 137 cm³/mol. The molecule has 2 heterocycles. The molecule has 4 atom stereocenters. The Morgan fingerprint density at radius 2 is 1.51 bits per heavy atom. The number of anilines is 1. The molecule has 3 aromatic rings. The number of carboxylic acid groups (broad SMARTS) is 2. The normalized spacial score (nSPS) is 25.0. The number of aliphatic carboxylic acids is 2. The van der Waals surface area contributed by atoms with Gasteiger partial charge in [-0.2, -0.15) is 0 Å². The number of nitrogens with one attached hydrogen (secondary N) is 1. The predicted octanol–water partition coefficient (Wildman–Crippen LogP) is 3.71. The molecule has 37 heavy (non-hydrogen) atoms. The standard InChI is InChI=1S/C29H28N2O6/c1-3-16-10-7-11-17(4-2)25(16)31-26(34)22-23(27(31)35)29(28(36)37,15-21(32)33)30-24(22)20-14-8-12-18-9-5-6-13-19(18)20/h5-14,22-24,30H,3-4,15H2,1-2H3,(H,32,33)(H,36,37). The van der Waals surface area contributed by atoms with Crippen LogP contribution in [-0.2, 0) is 32.0 Å². The Balaban J connectivity index is 1.75. The van der Waals surface area contributed by atoms with E-state index in [0.29, 0.717) is 24.1 Å². The third kappa shape index (κ3) is 3.62. The van der Waals surface area contributed by atoms with Gasteiger partial charge in [0.05, 0.1) is 23.9 Å². The molecule has 0 spiro atoms. The molecule has 3 aromatic carbocycles. The Morgan fingerprint density at radius 1 is 0.892 bits per heavy atom. The van der Waals surface area contributed by atoms with Crippen molar-refractivity contribution < 1.29 is 29.4 Å². The van der Waals surface area contributed by atoms with Crippen molar-refractivity contribution in [2.45, 2.75) is 44.7 Å². The van der Waals surface area contributed by atoms with Gasteiger partial charge in [-0.25, -0.2) is 4.90 Å². The topological polar surface area (TPSA) is 124 Å². The van der Waals surface area contributed by atoms with Crippen LogP contribution in [0.4, 0.5) is 5.69 Å². The van der Waals surface area contributed by atoms with Crippen LogP contribution in [-0.4, -0.2) is 39.5 Å². The summed E-state index contributed by atoms with van der Waals surface area (Å²) in [6.45, 7) is 3.85. The van der Waals surface area contributed by atoms with E-state index in [1.165, 1.54) is 0 Å². The molecule has 2 amide bonds. The number of hydrogen-bond acceptors (Lipinski definition) is 5. The van der Waals surface area contributed by atoms with Crippen molar-refractivity contribution in [1.82, 2.24) is 5.32 Å². The molecule has 0 radical (unpaired) electrons. The number of aryl methyl sites for hydroxylation is 2. The fourth-order valence-corrected chi connectivity index (χ4v) is 6.19. The van der Waals surface area contributed by atoms with Gasteiger partial charge >= 0.3 is 11.9 Å². The van der Waals surface area contributed by atoms with Crippen LogP contribution in [0, 0.1) is 11.8 Å². The van der Waals surface area contributed by atoms with E-state index in [4.69, 9.17) is 0 Å². The molecule has 8 heteroatoms. The summed E-state index contributed by atoms with van der Waals surface area (Å²) in [5.74, 6) is -6.48. The summed E-state index contributed by atoms with van der Waals surface area (Å²) in [5, 5.41) is 24.8. The molecule has 2 aliphatic heterocycles. The van der Waals surface area contributed by atoms with Gasteiger partial charge in [-0.1, -0.05) is 74.5 Å². The minimum absolute atomic E-state index is 0.489. The van der Waals surface area contributed by atoms with Crippen LogP contribution in [0.25, 0.3) is 10.8 Å². The summed E-state index contributed by atoms with van der Waals surface area (Å²) < 4.78 is 0. The van der Waals surface area contributed by atoms with Gasteiger partial charge < -0.3 is 10.2 Å². The number of para-hydroxylation sites is 1. The minimum atomic E-state index is -2.15. The average Bonchev–Trinajstić information content (AvgIpc) is 3.36. The first kappa shape index (κ1) is 24.6. The summed E-state index contributed by atoms with van der Waals surface area (Å²) in [6, 6.07) is 17.7. The molecule has 0 saturated carbocycles. The molecule has 8 nitrogen and oxygen atoms in total. The van der Waals surface area contributed by atoms with E-state index in [2.05, 4.69) is 5.32 Å². The summed E-state index contributed by atoms with van der Waals surface area (Å²) >= 11 is 0. The molecular formula is C29H28N2O6. The van der Waals surface area contributed by atoms with Crippen molar-refractivity contribution >= 4 is 40.2 Å². The number of carbonyl (C=O) groups excluding carboxylic acids is 2. The number of fused-ring (bicyclic) bond motifs is 2. The zero-order valence-electron chi connectivity index (χ0n) is 20.6. The van der Waals surface area contributed by atoms with E-state index in [1.54, 1.807) is 6.07 Å². The number of nitrogens with zero attached hydrogens (tertiary/aromatic N) is 1. The summed E-state index contributed by atoms with van der Waals surface area (Å²) in [4.78, 5) is 54.1. The largest absolute Gasteiger partial charge is 0.481 e. The fourth-order valence-electron chi connectivity index (χ4n) is 6.19. The smallest absolute Gasteiger partial charge is 0.325 e. The number of amides is 2. The molecule has 190 valence electrons. The number of benzene rings is 3. The van der Waals surface area contributed by atoms with E-state index in [0.717, 1.165) is 26.8 Å². The van der Waals surface area contributed by atoms with Crippen molar-refractivity contribution in [3.05, 3.63) is 77.4 Å². The Kier molecular flexibility index (Phi) is 6.07. The zero-order chi connectivity index (χ0) is 26.5. The van der Waals surface area contributed by atoms with E-state index in [1.807, 2.05) is 68.4 Å². The lowest BCUT2D eigenvalue weighted by molar-refractivity contribution is -0.154. The quantitative estimate of drug-likeness (QED) is 0.423. The van der Waals surface area contributed by atoms with Gasteiger partial charge in [-0.05, 0) is 40.3 Å². The second-order valence-electron chi connectivity index (χ2n) is 9.68. The fraction of sp³-hybridized carbons (Fsp3) is 0.310. The molecule has 2 fully saturated rings. The van der Waals surface area contributed by atoms with E-state index < -0.39 is 53.6 Å². The maximum Gasteiger partial charge on any atom is 0.325 e. The van der Waals surface area contributed by atoms with E-state index >= 15 is 0 Å². The van der Waals surface area contributed by atoms with Crippen LogP contribution < -0.4 is 10.2 Å². The number of imide groups is 1. The third-order valence-corrected chi connectivity index (χ3v) is 7.81. The third-order valence-electron chi connectivity index (χ3n) is 7.81. The zero-order valence-corrected chi connectivity index (χ0v) is 20.6. The maximum atomic E-state index is 14.2. The first-order valence-electron chi connectivity index (χ1n) is 12.4. The SMILES string of the molecule is CCc1cccc(CC)c1N1C(=O)C2C(c3cccc4ccccc34)NC(CC(=O)O)(C(=O)O)C2C1=O. The van der Waals surface area contributed by atoms with Crippen molar-refractivity contribution in [3.63, 3.8) is 0 Å². The van der Waals surface area contributed by atoms with Crippen LogP contribution in [0.3, 0.4) is 0 Å².